The molecular formula is C77H63N. The van der Waals surface area contributed by atoms with Gasteiger partial charge in [-0.05, 0) is 139 Å². The molecule has 12 rings (SSSR count). The van der Waals surface area contributed by atoms with Crippen molar-refractivity contribution in [1.82, 2.24) is 0 Å². The van der Waals surface area contributed by atoms with Crippen molar-refractivity contribution in [3.63, 3.8) is 0 Å². The van der Waals surface area contributed by atoms with Crippen LogP contribution in [0.4, 0.5) is 17.1 Å². The quantitative estimate of drug-likeness (QED) is 0.0872. The summed E-state index contributed by atoms with van der Waals surface area (Å²) in [4.78, 5) is 2.30. The summed E-state index contributed by atoms with van der Waals surface area (Å²) in [5.74, 6) is 1.09. The topological polar surface area (TPSA) is 3.24 Å². The fourth-order valence-electron chi connectivity index (χ4n) is 11.5. The van der Waals surface area contributed by atoms with Crippen molar-refractivity contribution in [3.05, 3.63) is 366 Å². The maximum absolute atomic E-state index is 2.43. The molecule has 0 spiro atoms. The van der Waals surface area contributed by atoms with Crippen molar-refractivity contribution >= 4 is 17.1 Å². The first-order valence-electron chi connectivity index (χ1n) is 27.6. The average molecular weight is 1000 g/mol. The summed E-state index contributed by atoms with van der Waals surface area (Å²) in [6.07, 6.45) is 9.13. The first-order chi connectivity index (χ1) is 38.6. The molecule has 0 aromatic heterocycles. The van der Waals surface area contributed by atoms with Gasteiger partial charge in [0.15, 0.2) is 0 Å². The van der Waals surface area contributed by atoms with Crippen molar-refractivity contribution in [3.8, 4) is 33.4 Å². The second-order valence-corrected chi connectivity index (χ2v) is 20.9. The Labute approximate surface area is 461 Å². The molecule has 4 atom stereocenters. The van der Waals surface area contributed by atoms with E-state index in [1.165, 1.54) is 83.5 Å². The minimum atomic E-state index is 0.0895. The van der Waals surface area contributed by atoms with Crippen molar-refractivity contribution in [1.29, 1.82) is 0 Å². The molecule has 11 aromatic rings. The standard InChI is InChI=1S/C77H63N/c1-56-27-29-68(30-28-56)76(66-19-9-3-10-20-66)69-45-35-60(36-46-69)58-31-41-64(42-32-58)75(55-57-17-7-2-8-18-57)65-43-33-59(34-44-65)61-37-47-70(48-38-61)77(67-21-11-4-12-22-67)71-49-39-62(40-50-71)63-51-53-74(54-52-63)78(72-23-13-5-14-24-72)73-25-15-6-16-26-73/h2-27,29-54,56,75-77H,28,55H2,1H3. The Morgan fingerprint density at radius 3 is 1.01 bits per heavy atom. The van der Waals surface area contributed by atoms with E-state index in [0.29, 0.717) is 5.92 Å². The van der Waals surface area contributed by atoms with Gasteiger partial charge in [0.05, 0.1) is 0 Å². The lowest BCUT2D eigenvalue weighted by atomic mass is 9.81. The van der Waals surface area contributed by atoms with Crippen molar-refractivity contribution in [2.45, 2.75) is 37.5 Å². The van der Waals surface area contributed by atoms with Crippen LogP contribution in [0, 0.1) is 5.92 Å². The Morgan fingerprint density at radius 2 is 0.628 bits per heavy atom. The molecule has 0 saturated carbocycles. The second kappa shape index (κ2) is 23.3. The van der Waals surface area contributed by atoms with Crippen molar-refractivity contribution < 1.29 is 0 Å². The lowest BCUT2D eigenvalue weighted by Crippen LogP contribution is -2.09. The van der Waals surface area contributed by atoms with Gasteiger partial charge in [0.2, 0.25) is 0 Å². The Bertz CT molecular complexity index is 3680. The van der Waals surface area contributed by atoms with Crippen LogP contribution in [0.1, 0.15) is 75.6 Å². The Hall–Kier alpha value is -9.30. The van der Waals surface area contributed by atoms with Gasteiger partial charge in [-0.2, -0.15) is 0 Å². The van der Waals surface area contributed by atoms with E-state index in [9.17, 15) is 0 Å². The highest BCUT2D eigenvalue weighted by atomic mass is 15.1. The van der Waals surface area contributed by atoms with Crippen LogP contribution in [-0.4, -0.2) is 0 Å². The van der Waals surface area contributed by atoms with Crippen LogP contribution in [0.2, 0.25) is 0 Å². The third-order valence-electron chi connectivity index (χ3n) is 15.7. The van der Waals surface area contributed by atoms with E-state index in [-0.39, 0.29) is 17.8 Å². The van der Waals surface area contributed by atoms with Crippen LogP contribution in [0.25, 0.3) is 33.4 Å². The minimum Gasteiger partial charge on any atom is -0.311 e. The molecule has 4 unspecified atom stereocenters. The Balaban J connectivity index is 0.770. The average Bonchev–Trinajstić information content (AvgIpc) is 3.53. The van der Waals surface area contributed by atoms with Gasteiger partial charge in [0.25, 0.3) is 0 Å². The van der Waals surface area contributed by atoms with E-state index in [2.05, 4.69) is 327 Å². The molecule has 0 radical (unpaired) electrons. The lowest BCUT2D eigenvalue weighted by Gasteiger charge is -2.25. The van der Waals surface area contributed by atoms with Crippen molar-refractivity contribution in [2.24, 2.45) is 5.92 Å². The maximum atomic E-state index is 2.43. The first kappa shape index (κ1) is 49.6. The Kier molecular flexibility index (Phi) is 14.8. The fraction of sp³-hybridized carbons (Fsp3) is 0.0909. The summed E-state index contributed by atoms with van der Waals surface area (Å²) in [7, 11) is 0. The molecule has 0 amide bonds. The fourth-order valence-corrected chi connectivity index (χ4v) is 11.5. The minimum absolute atomic E-state index is 0.0895. The molecule has 0 fully saturated rings. The van der Waals surface area contributed by atoms with Gasteiger partial charge in [0.1, 0.15) is 0 Å². The summed E-state index contributed by atoms with van der Waals surface area (Å²) in [6, 6.07) is 109. The molecule has 1 heteroatoms. The van der Waals surface area contributed by atoms with E-state index >= 15 is 0 Å². The Morgan fingerprint density at radius 1 is 0.321 bits per heavy atom. The molecule has 1 nitrogen and oxygen atoms in total. The normalized spacial score (nSPS) is 14.2. The molecule has 0 N–H and O–H groups in total. The monoisotopic (exact) mass is 1000 g/mol. The zero-order chi connectivity index (χ0) is 52.5. The summed E-state index contributed by atoms with van der Waals surface area (Å²) < 4.78 is 0. The van der Waals surface area contributed by atoms with Gasteiger partial charge < -0.3 is 4.90 Å². The largest absolute Gasteiger partial charge is 0.311 e. The number of para-hydroxylation sites is 2. The smallest absolute Gasteiger partial charge is 0.0462 e. The third kappa shape index (κ3) is 11.1. The van der Waals surface area contributed by atoms with Gasteiger partial charge in [-0.1, -0.05) is 286 Å². The summed E-state index contributed by atoms with van der Waals surface area (Å²) in [5, 5.41) is 0. The molecule has 0 bridgehead atoms. The number of benzene rings is 11. The number of rotatable bonds is 16. The van der Waals surface area contributed by atoms with E-state index in [4.69, 9.17) is 0 Å². The second-order valence-electron chi connectivity index (χ2n) is 20.9. The number of hydrogen-bond donors (Lipinski definition) is 0. The van der Waals surface area contributed by atoms with Gasteiger partial charge in [-0.3, -0.25) is 0 Å². The van der Waals surface area contributed by atoms with E-state index in [1.54, 1.807) is 0 Å². The van der Waals surface area contributed by atoms with E-state index < -0.39 is 0 Å². The van der Waals surface area contributed by atoms with E-state index in [0.717, 1.165) is 29.9 Å². The number of hydrogen-bond acceptors (Lipinski definition) is 1. The highest BCUT2D eigenvalue weighted by Gasteiger charge is 2.22. The van der Waals surface area contributed by atoms with Crippen LogP contribution >= 0.6 is 0 Å². The van der Waals surface area contributed by atoms with Gasteiger partial charge in [-0.25, -0.2) is 0 Å². The van der Waals surface area contributed by atoms with Crippen molar-refractivity contribution in [2.75, 3.05) is 4.90 Å². The highest BCUT2D eigenvalue weighted by molar-refractivity contribution is 5.78. The first-order valence-corrected chi connectivity index (χ1v) is 27.6. The molecule has 0 aliphatic heterocycles. The molecule has 78 heavy (non-hydrogen) atoms. The molecule has 11 aromatic carbocycles. The lowest BCUT2D eigenvalue weighted by molar-refractivity contribution is 0.722. The number of nitrogens with zero attached hydrogens (tertiary/aromatic N) is 1. The van der Waals surface area contributed by atoms with Gasteiger partial charge >= 0.3 is 0 Å². The molecule has 376 valence electrons. The highest BCUT2D eigenvalue weighted by Crippen LogP contribution is 2.40. The molecule has 0 heterocycles. The zero-order valence-electron chi connectivity index (χ0n) is 44.2. The van der Waals surface area contributed by atoms with Crippen LogP contribution < -0.4 is 4.90 Å². The molecular weight excluding hydrogens is 939 g/mol. The molecule has 0 saturated heterocycles. The molecule has 1 aliphatic rings. The summed E-state index contributed by atoms with van der Waals surface area (Å²) >= 11 is 0. The van der Waals surface area contributed by atoms with Crippen LogP contribution in [0.3, 0.4) is 0 Å². The number of anilines is 3. The van der Waals surface area contributed by atoms with Crippen LogP contribution in [0.15, 0.2) is 321 Å². The SMILES string of the molecule is CC1C=CC(C(c2ccccc2)c2ccc(-c3ccc(C(Cc4ccccc4)c4ccc(-c5ccc(C(c6ccccc6)c6ccc(-c7ccc(N(c8ccccc8)c8ccccc8)cc7)cc6)cc5)cc4)cc3)cc2)=CC1. The maximum Gasteiger partial charge on any atom is 0.0462 e. The van der Waals surface area contributed by atoms with Gasteiger partial charge in [-0.15, -0.1) is 0 Å². The van der Waals surface area contributed by atoms with E-state index in [1.807, 2.05) is 0 Å². The predicted molar refractivity (Wildman–Crippen MR) is 329 cm³/mol. The predicted octanol–water partition coefficient (Wildman–Crippen LogP) is 20.4. The summed E-state index contributed by atoms with van der Waals surface area (Å²) in [6.45, 7) is 2.29. The number of allylic oxidation sites excluding steroid dienone is 4. The van der Waals surface area contributed by atoms with Crippen LogP contribution in [-0.2, 0) is 6.42 Å². The van der Waals surface area contributed by atoms with Crippen LogP contribution in [0.5, 0.6) is 0 Å². The zero-order valence-corrected chi connectivity index (χ0v) is 44.2. The summed E-state index contributed by atoms with van der Waals surface area (Å²) in [5.41, 5.74) is 22.4. The third-order valence-corrected chi connectivity index (χ3v) is 15.7. The van der Waals surface area contributed by atoms with Gasteiger partial charge in [0, 0.05) is 34.8 Å². The molecule has 1 aliphatic carbocycles.